The van der Waals surface area contributed by atoms with Crippen LogP contribution in [0.4, 0.5) is 22.7 Å². The lowest BCUT2D eigenvalue weighted by Gasteiger charge is -2.27. The second-order valence-electron chi connectivity index (χ2n) is 7.12. The van der Waals surface area contributed by atoms with Crippen molar-refractivity contribution in [2.24, 2.45) is 10.2 Å². The average Bonchev–Trinajstić information content (AvgIpc) is 2.82. The normalized spacial score (nSPS) is 13.2. The molecule has 0 radical (unpaired) electrons. The highest BCUT2D eigenvalue weighted by Crippen LogP contribution is 2.37. The summed E-state index contributed by atoms with van der Waals surface area (Å²) in [4.78, 5) is 38.3. The lowest BCUT2D eigenvalue weighted by molar-refractivity contribution is -0.383. The predicted octanol–water partition coefficient (Wildman–Crippen LogP) is 5.96. The lowest BCUT2D eigenvalue weighted by atomic mass is 9.93. The molecule has 0 saturated carbocycles. The Bertz CT molecular complexity index is 1410. The average molecular weight is 422 g/mol. The Morgan fingerprint density at radius 3 is 1.97 bits per heavy atom. The Morgan fingerprint density at radius 2 is 1.31 bits per heavy atom. The number of carbonyl (C=O) groups excluding carboxylic acids is 2. The zero-order chi connectivity index (χ0) is 22.2. The fourth-order valence-corrected chi connectivity index (χ4v) is 3.75. The first-order valence-electron chi connectivity index (χ1n) is 9.70. The van der Waals surface area contributed by atoms with Gasteiger partial charge in [0.2, 0.25) is 0 Å². The van der Waals surface area contributed by atoms with E-state index in [1.165, 1.54) is 12.1 Å². The van der Waals surface area contributed by atoms with Crippen molar-refractivity contribution in [2.75, 3.05) is 4.90 Å². The van der Waals surface area contributed by atoms with Crippen molar-refractivity contribution >= 4 is 45.3 Å². The number of non-ortho nitro benzene ring substituents is 1. The Labute approximate surface area is 181 Å². The molecule has 8 heteroatoms. The molecule has 1 aliphatic heterocycles. The number of benzene rings is 4. The standard InChI is InChI=1S/C24H14N4O4/c29-23-19-8-4-7-18-21(28(31)32)14-13-20(22(18)19)24(30)27(23)17-11-9-16(10-12-17)26-25-15-5-2-1-3-6-15/h1-14H. The van der Waals surface area contributed by atoms with Gasteiger partial charge in [0, 0.05) is 22.6 Å². The number of rotatable bonds is 4. The molecule has 0 fully saturated rings. The monoisotopic (exact) mass is 422 g/mol. The molecule has 0 bridgehead atoms. The molecule has 0 N–H and O–H groups in total. The highest BCUT2D eigenvalue weighted by molar-refractivity contribution is 6.36. The number of azo groups is 1. The highest BCUT2D eigenvalue weighted by atomic mass is 16.6. The zero-order valence-corrected chi connectivity index (χ0v) is 16.5. The van der Waals surface area contributed by atoms with Crippen LogP contribution in [0.3, 0.4) is 0 Å². The van der Waals surface area contributed by atoms with Crippen molar-refractivity contribution in [1.29, 1.82) is 0 Å². The van der Waals surface area contributed by atoms with E-state index in [1.807, 2.05) is 30.3 Å². The van der Waals surface area contributed by atoms with Crippen LogP contribution in [0.1, 0.15) is 20.7 Å². The van der Waals surface area contributed by atoms with Gasteiger partial charge in [-0.25, -0.2) is 4.90 Å². The molecule has 0 saturated heterocycles. The van der Waals surface area contributed by atoms with E-state index in [1.54, 1.807) is 42.5 Å². The third kappa shape index (κ3) is 3.10. The summed E-state index contributed by atoms with van der Waals surface area (Å²) < 4.78 is 0. The molecular formula is C24H14N4O4. The van der Waals surface area contributed by atoms with E-state index >= 15 is 0 Å². The summed E-state index contributed by atoms with van der Waals surface area (Å²) in [6, 6.07) is 23.2. The number of anilines is 1. The fraction of sp³-hybridized carbons (Fsp3) is 0. The van der Waals surface area contributed by atoms with E-state index in [4.69, 9.17) is 0 Å². The highest BCUT2D eigenvalue weighted by Gasteiger charge is 2.35. The smallest absolute Gasteiger partial charge is 0.268 e. The zero-order valence-electron chi connectivity index (χ0n) is 16.5. The van der Waals surface area contributed by atoms with Gasteiger partial charge in [0.05, 0.1) is 27.4 Å². The maximum Gasteiger partial charge on any atom is 0.277 e. The molecule has 0 aliphatic carbocycles. The van der Waals surface area contributed by atoms with Crippen LogP contribution >= 0.6 is 0 Å². The van der Waals surface area contributed by atoms with E-state index in [0.717, 1.165) is 4.90 Å². The van der Waals surface area contributed by atoms with Crippen molar-refractivity contribution < 1.29 is 14.5 Å². The summed E-state index contributed by atoms with van der Waals surface area (Å²) in [5.74, 6) is -1.07. The van der Waals surface area contributed by atoms with E-state index in [0.29, 0.717) is 22.4 Å². The number of hydrogen-bond donors (Lipinski definition) is 0. The van der Waals surface area contributed by atoms with Crippen LogP contribution in [0.2, 0.25) is 0 Å². The molecule has 4 aromatic rings. The van der Waals surface area contributed by atoms with Gasteiger partial charge in [-0.2, -0.15) is 10.2 Å². The van der Waals surface area contributed by atoms with E-state index in [9.17, 15) is 19.7 Å². The third-order valence-corrected chi connectivity index (χ3v) is 5.23. The van der Waals surface area contributed by atoms with Gasteiger partial charge in [-0.1, -0.05) is 24.3 Å². The second kappa shape index (κ2) is 7.51. The third-order valence-electron chi connectivity index (χ3n) is 5.23. The van der Waals surface area contributed by atoms with Gasteiger partial charge in [0.1, 0.15) is 0 Å². The summed E-state index contributed by atoms with van der Waals surface area (Å²) in [7, 11) is 0. The largest absolute Gasteiger partial charge is 0.277 e. The molecule has 0 aromatic heterocycles. The minimum Gasteiger partial charge on any atom is -0.268 e. The van der Waals surface area contributed by atoms with Crippen molar-refractivity contribution in [3.05, 3.63) is 106 Å². The van der Waals surface area contributed by atoms with Crippen LogP contribution in [0.25, 0.3) is 10.8 Å². The van der Waals surface area contributed by atoms with Crippen molar-refractivity contribution in [2.45, 2.75) is 0 Å². The van der Waals surface area contributed by atoms with Gasteiger partial charge in [0.15, 0.2) is 0 Å². The first kappa shape index (κ1) is 19.3. The summed E-state index contributed by atoms with van der Waals surface area (Å²) in [6.45, 7) is 0. The number of nitro groups is 1. The molecule has 4 aromatic carbocycles. The predicted molar refractivity (Wildman–Crippen MR) is 119 cm³/mol. The molecular weight excluding hydrogens is 408 g/mol. The fourth-order valence-electron chi connectivity index (χ4n) is 3.75. The molecule has 1 aliphatic rings. The molecule has 0 spiro atoms. The molecule has 0 unspecified atom stereocenters. The molecule has 154 valence electrons. The van der Waals surface area contributed by atoms with Crippen LogP contribution in [0, 0.1) is 10.1 Å². The molecule has 1 heterocycles. The maximum absolute atomic E-state index is 13.2. The minimum absolute atomic E-state index is 0.146. The van der Waals surface area contributed by atoms with Gasteiger partial charge in [-0.05, 0) is 54.6 Å². The number of amides is 2. The SMILES string of the molecule is O=C1c2cccc3c([N+](=O)[O-])ccc(c23)C(=O)N1c1ccc(N=Nc2ccccc2)cc1. The molecule has 8 nitrogen and oxygen atoms in total. The Kier molecular flexibility index (Phi) is 4.52. The van der Waals surface area contributed by atoms with Crippen LogP contribution in [0.5, 0.6) is 0 Å². The molecule has 32 heavy (non-hydrogen) atoms. The lowest BCUT2D eigenvalue weighted by Crippen LogP contribution is -2.40. The maximum atomic E-state index is 13.2. The van der Waals surface area contributed by atoms with Gasteiger partial charge in [-0.3, -0.25) is 19.7 Å². The summed E-state index contributed by atoms with van der Waals surface area (Å²) in [6.07, 6.45) is 0. The van der Waals surface area contributed by atoms with Gasteiger partial charge in [0.25, 0.3) is 17.5 Å². The van der Waals surface area contributed by atoms with Crippen LogP contribution in [-0.4, -0.2) is 16.7 Å². The summed E-state index contributed by atoms with van der Waals surface area (Å²) in [5.41, 5.74) is 1.99. The first-order chi connectivity index (χ1) is 15.5. The van der Waals surface area contributed by atoms with Crippen LogP contribution in [-0.2, 0) is 0 Å². The van der Waals surface area contributed by atoms with Crippen molar-refractivity contribution in [3.8, 4) is 0 Å². The Hall–Kier alpha value is -4.72. The molecule has 5 rings (SSSR count). The molecule has 0 atom stereocenters. The van der Waals surface area contributed by atoms with Crippen LogP contribution in [0.15, 0.2) is 95.2 Å². The summed E-state index contributed by atoms with van der Waals surface area (Å²) >= 11 is 0. The van der Waals surface area contributed by atoms with Crippen LogP contribution < -0.4 is 4.90 Å². The number of imide groups is 1. The number of nitrogens with zero attached hydrogens (tertiary/aromatic N) is 4. The number of carbonyl (C=O) groups is 2. The topological polar surface area (TPSA) is 105 Å². The quantitative estimate of drug-likeness (QED) is 0.175. The summed E-state index contributed by atoms with van der Waals surface area (Å²) in [5, 5.41) is 20.3. The Morgan fingerprint density at radius 1 is 0.688 bits per heavy atom. The van der Waals surface area contributed by atoms with Gasteiger partial charge in [-0.15, -0.1) is 0 Å². The van der Waals surface area contributed by atoms with E-state index < -0.39 is 16.7 Å². The molecule has 2 amide bonds. The number of nitro benzene ring substituents is 1. The Balaban J connectivity index is 1.52. The second-order valence-corrected chi connectivity index (χ2v) is 7.12. The van der Waals surface area contributed by atoms with E-state index in [2.05, 4.69) is 10.2 Å². The van der Waals surface area contributed by atoms with Crippen molar-refractivity contribution in [3.63, 3.8) is 0 Å². The van der Waals surface area contributed by atoms with E-state index in [-0.39, 0.29) is 22.2 Å². The number of hydrogen-bond acceptors (Lipinski definition) is 6. The van der Waals surface area contributed by atoms with Crippen molar-refractivity contribution in [1.82, 2.24) is 0 Å². The first-order valence-corrected chi connectivity index (χ1v) is 9.70. The van der Waals surface area contributed by atoms with Gasteiger partial charge < -0.3 is 0 Å². The van der Waals surface area contributed by atoms with Gasteiger partial charge >= 0.3 is 0 Å². The minimum atomic E-state index is -0.535.